The first-order valence-corrected chi connectivity index (χ1v) is 4.93. The summed E-state index contributed by atoms with van der Waals surface area (Å²) in [6, 6.07) is 4.62. The lowest BCUT2D eigenvalue weighted by Crippen LogP contribution is -2.07. The van der Waals surface area contributed by atoms with Gasteiger partial charge in [0, 0.05) is 6.42 Å². The number of hydrogen-bond acceptors (Lipinski definition) is 2. The third-order valence-electron chi connectivity index (χ3n) is 1.81. The number of rotatable bonds is 4. The van der Waals surface area contributed by atoms with Crippen molar-refractivity contribution < 1.29 is 13.9 Å². The molecule has 0 radical (unpaired) electrons. The second kappa shape index (κ2) is 4.91. The Morgan fingerprint density at radius 3 is 2.60 bits per heavy atom. The van der Waals surface area contributed by atoms with E-state index in [9.17, 15) is 9.18 Å². The molecule has 0 fully saturated rings. The standard InChI is InChI=1S/C12H15FO2/c1-8(2)15-12-5-4-10(6-9(3)14)7-11(12)13/h4-5,7-8H,6H2,1-3H3. The van der Waals surface area contributed by atoms with Crippen molar-refractivity contribution in [3.05, 3.63) is 29.6 Å². The molecule has 0 aliphatic carbocycles. The van der Waals surface area contributed by atoms with E-state index in [1.807, 2.05) is 13.8 Å². The van der Waals surface area contributed by atoms with E-state index >= 15 is 0 Å². The highest BCUT2D eigenvalue weighted by Gasteiger charge is 2.07. The monoisotopic (exact) mass is 210 g/mol. The van der Waals surface area contributed by atoms with Crippen LogP contribution >= 0.6 is 0 Å². The summed E-state index contributed by atoms with van der Waals surface area (Å²) in [6.07, 6.45) is 0.206. The first kappa shape index (κ1) is 11.7. The molecule has 3 heteroatoms. The molecule has 1 aromatic carbocycles. The van der Waals surface area contributed by atoms with E-state index < -0.39 is 5.82 Å². The van der Waals surface area contributed by atoms with Crippen molar-refractivity contribution in [3.63, 3.8) is 0 Å². The lowest BCUT2D eigenvalue weighted by Gasteiger charge is -2.11. The molecule has 0 saturated carbocycles. The first-order chi connectivity index (χ1) is 6.99. The number of Topliss-reactive ketones (excluding diaryl/α,β-unsaturated/α-hetero) is 1. The Bertz CT molecular complexity index is 359. The fraction of sp³-hybridized carbons (Fsp3) is 0.417. The van der Waals surface area contributed by atoms with Crippen LogP contribution in [0.3, 0.4) is 0 Å². The average molecular weight is 210 g/mol. The molecule has 0 N–H and O–H groups in total. The zero-order valence-electron chi connectivity index (χ0n) is 9.21. The Balaban J connectivity index is 2.83. The SMILES string of the molecule is CC(=O)Cc1ccc(OC(C)C)c(F)c1. The Labute approximate surface area is 89.1 Å². The Kier molecular flexibility index (Phi) is 3.83. The fourth-order valence-electron chi connectivity index (χ4n) is 1.29. The van der Waals surface area contributed by atoms with E-state index in [2.05, 4.69) is 0 Å². The van der Waals surface area contributed by atoms with Crippen LogP contribution in [0, 0.1) is 5.82 Å². The van der Waals surface area contributed by atoms with Crippen molar-refractivity contribution in [1.29, 1.82) is 0 Å². The van der Waals surface area contributed by atoms with Crippen molar-refractivity contribution >= 4 is 5.78 Å². The van der Waals surface area contributed by atoms with Crippen molar-refractivity contribution in [2.24, 2.45) is 0 Å². The van der Waals surface area contributed by atoms with Gasteiger partial charge in [-0.15, -0.1) is 0 Å². The topological polar surface area (TPSA) is 26.3 Å². The number of hydrogen-bond donors (Lipinski definition) is 0. The van der Waals surface area contributed by atoms with Gasteiger partial charge in [0.25, 0.3) is 0 Å². The maximum absolute atomic E-state index is 13.4. The molecule has 0 amide bonds. The lowest BCUT2D eigenvalue weighted by atomic mass is 10.1. The number of carbonyl (C=O) groups excluding carboxylic acids is 1. The molecule has 2 nitrogen and oxygen atoms in total. The smallest absolute Gasteiger partial charge is 0.165 e. The molecule has 1 aromatic rings. The molecule has 0 spiro atoms. The van der Waals surface area contributed by atoms with Gasteiger partial charge in [-0.2, -0.15) is 0 Å². The molecule has 0 atom stereocenters. The largest absolute Gasteiger partial charge is 0.488 e. The Morgan fingerprint density at radius 1 is 1.47 bits per heavy atom. The van der Waals surface area contributed by atoms with Crippen molar-refractivity contribution in [2.75, 3.05) is 0 Å². The second-order valence-electron chi connectivity index (χ2n) is 3.81. The molecule has 0 unspecified atom stereocenters. The number of carbonyl (C=O) groups is 1. The van der Waals surface area contributed by atoms with Crippen LogP contribution in [-0.4, -0.2) is 11.9 Å². The van der Waals surface area contributed by atoms with Gasteiger partial charge in [0.05, 0.1) is 6.10 Å². The van der Waals surface area contributed by atoms with Gasteiger partial charge in [0.2, 0.25) is 0 Å². The van der Waals surface area contributed by atoms with Gasteiger partial charge in [-0.1, -0.05) is 6.07 Å². The second-order valence-corrected chi connectivity index (χ2v) is 3.81. The molecule has 0 aliphatic heterocycles. The Morgan fingerprint density at radius 2 is 2.13 bits per heavy atom. The summed E-state index contributed by atoms with van der Waals surface area (Å²) in [5, 5.41) is 0. The minimum Gasteiger partial charge on any atom is -0.488 e. The van der Waals surface area contributed by atoms with Crippen LogP contribution < -0.4 is 4.74 Å². The van der Waals surface area contributed by atoms with Gasteiger partial charge in [-0.25, -0.2) is 4.39 Å². The van der Waals surface area contributed by atoms with Crippen LogP contribution in [0.25, 0.3) is 0 Å². The molecular formula is C12H15FO2. The van der Waals surface area contributed by atoms with E-state index in [0.717, 1.165) is 0 Å². The van der Waals surface area contributed by atoms with Crippen LogP contribution in [0.4, 0.5) is 4.39 Å². The number of ketones is 1. The highest BCUT2D eigenvalue weighted by molar-refractivity contribution is 5.78. The average Bonchev–Trinajstić information content (AvgIpc) is 2.08. The third-order valence-corrected chi connectivity index (χ3v) is 1.81. The third kappa shape index (κ3) is 3.70. The molecule has 1 rings (SSSR count). The van der Waals surface area contributed by atoms with E-state index in [4.69, 9.17) is 4.74 Å². The summed E-state index contributed by atoms with van der Waals surface area (Å²) in [7, 11) is 0. The van der Waals surface area contributed by atoms with Gasteiger partial charge in [0.15, 0.2) is 11.6 Å². The summed E-state index contributed by atoms with van der Waals surface area (Å²) >= 11 is 0. The fourth-order valence-corrected chi connectivity index (χ4v) is 1.29. The summed E-state index contributed by atoms with van der Waals surface area (Å²) in [5.74, 6) is -0.160. The molecule has 82 valence electrons. The van der Waals surface area contributed by atoms with Gasteiger partial charge >= 0.3 is 0 Å². The molecule has 0 bridgehead atoms. The normalized spacial score (nSPS) is 10.5. The summed E-state index contributed by atoms with van der Waals surface area (Å²) < 4.78 is 18.7. The molecule has 0 aromatic heterocycles. The summed E-state index contributed by atoms with van der Waals surface area (Å²) in [5.41, 5.74) is 0.677. The van der Waals surface area contributed by atoms with Crippen LogP contribution in [0.5, 0.6) is 5.75 Å². The van der Waals surface area contributed by atoms with Gasteiger partial charge in [-0.05, 0) is 38.5 Å². The molecular weight excluding hydrogens is 195 g/mol. The lowest BCUT2D eigenvalue weighted by molar-refractivity contribution is -0.116. The number of ether oxygens (including phenoxy) is 1. The minimum absolute atomic E-state index is 0.0203. The van der Waals surface area contributed by atoms with Crippen LogP contribution in [-0.2, 0) is 11.2 Å². The molecule has 0 aliphatic rings. The highest BCUT2D eigenvalue weighted by atomic mass is 19.1. The van der Waals surface area contributed by atoms with Crippen LogP contribution in [0.2, 0.25) is 0 Å². The Hall–Kier alpha value is -1.38. The quantitative estimate of drug-likeness (QED) is 0.763. The predicted octanol–water partition coefficient (Wildman–Crippen LogP) is 2.74. The maximum Gasteiger partial charge on any atom is 0.165 e. The maximum atomic E-state index is 13.4. The van der Waals surface area contributed by atoms with Crippen LogP contribution in [0.15, 0.2) is 18.2 Å². The van der Waals surface area contributed by atoms with E-state index in [1.165, 1.54) is 13.0 Å². The number of halogens is 1. The van der Waals surface area contributed by atoms with Crippen molar-refractivity contribution in [2.45, 2.75) is 33.3 Å². The van der Waals surface area contributed by atoms with E-state index in [0.29, 0.717) is 5.56 Å². The predicted molar refractivity (Wildman–Crippen MR) is 56.5 cm³/mol. The van der Waals surface area contributed by atoms with Crippen LogP contribution in [0.1, 0.15) is 26.3 Å². The van der Waals surface area contributed by atoms with Gasteiger partial charge in [0.1, 0.15) is 5.78 Å². The van der Waals surface area contributed by atoms with E-state index in [1.54, 1.807) is 12.1 Å². The molecule has 0 heterocycles. The first-order valence-electron chi connectivity index (χ1n) is 4.93. The minimum atomic E-state index is -0.414. The van der Waals surface area contributed by atoms with Gasteiger partial charge < -0.3 is 4.74 Å². The highest BCUT2D eigenvalue weighted by Crippen LogP contribution is 2.19. The number of benzene rings is 1. The van der Waals surface area contributed by atoms with Crippen molar-refractivity contribution in [3.8, 4) is 5.75 Å². The molecule has 0 saturated heterocycles. The zero-order valence-corrected chi connectivity index (χ0v) is 9.21. The van der Waals surface area contributed by atoms with E-state index in [-0.39, 0.29) is 24.1 Å². The molecule has 15 heavy (non-hydrogen) atoms. The zero-order chi connectivity index (χ0) is 11.4. The summed E-state index contributed by atoms with van der Waals surface area (Å²) in [6.45, 7) is 5.16. The summed E-state index contributed by atoms with van der Waals surface area (Å²) in [4.78, 5) is 10.8. The van der Waals surface area contributed by atoms with Crippen molar-refractivity contribution in [1.82, 2.24) is 0 Å². The van der Waals surface area contributed by atoms with Gasteiger partial charge in [-0.3, -0.25) is 4.79 Å².